The van der Waals surface area contributed by atoms with Gasteiger partial charge in [-0.3, -0.25) is 4.79 Å². The second-order valence-electron chi connectivity index (χ2n) is 4.91. The molecule has 1 atom stereocenters. The maximum atomic E-state index is 12.0. The van der Waals surface area contributed by atoms with Crippen LogP contribution in [0.3, 0.4) is 0 Å². The average Bonchev–Trinajstić information content (AvgIpc) is 2.41. The van der Waals surface area contributed by atoms with E-state index in [-0.39, 0.29) is 17.7 Å². The number of carbonyl (C=O) groups excluding carboxylic acids is 1. The van der Waals surface area contributed by atoms with Gasteiger partial charge in [-0.25, -0.2) is 0 Å². The van der Waals surface area contributed by atoms with Crippen LogP contribution in [-0.2, 0) is 11.3 Å². The third-order valence-corrected chi connectivity index (χ3v) is 3.37. The van der Waals surface area contributed by atoms with Crippen LogP contribution in [0, 0.1) is 0 Å². The Morgan fingerprint density at radius 2 is 2.10 bits per heavy atom. The molecule has 0 bridgehead atoms. The monoisotopic (exact) mass is 284 g/mol. The van der Waals surface area contributed by atoms with E-state index in [1.54, 1.807) is 24.1 Å². The van der Waals surface area contributed by atoms with Gasteiger partial charge in [-0.1, -0.05) is 12.1 Å². The van der Waals surface area contributed by atoms with Gasteiger partial charge in [-0.15, -0.1) is 0 Å². The molecule has 0 spiro atoms. The van der Waals surface area contributed by atoms with Gasteiger partial charge in [0.2, 0.25) is 5.91 Å². The maximum Gasteiger partial charge on any atom is 0.387 e. The van der Waals surface area contributed by atoms with Gasteiger partial charge in [0.15, 0.2) is 0 Å². The number of nitrogens with zero attached hydrogens (tertiary/aromatic N) is 1. The summed E-state index contributed by atoms with van der Waals surface area (Å²) >= 11 is 0. The van der Waals surface area contributed by atoms with E-state index in [1.165, 1.54) is 12.1 Å². The van der Waals surface area contributed by atoms with Crippen molar-refractivity contribution < 1.29 is 18.3 Å². The highest BCUT2D eigenvalue weighted by atomic mass is 19.3. The Labute approximate surface area is 116 Å². The van der Waals surface area contributed by atoms with Crippen LogP contribution in [-0.4, -0.2) is 37.1 Å². The molecule has 0 aromatic heterocycles. The van der Waals surface area contributed by atoms with E-state index in [0.29, 0.717) is 19.5 Å². The number of likely N-dealkylation sites (tertiary alicyclic amines) is 1. The van der Waals surface area contributed by atoms with E-state index in [2.05, 4.69) is 10.1 Å². The molecular weight excluding hydrogens is 266 g/mol. The fraction of sp³-hybridized carbons (Fsp3) is 0.500. The zero-order valence-corrected chi connectivity index (χ0v) is 11.3. The molecule has 4 nitrogen and oxygen atoms in total. The number of rotatable bonds is 5. The van der Waals surface area contributed by atoms with Crippen molar-refractivity contribution in [2.75, 3.05) is 13.6 Å². The molecule has 1 saturated heterocycles. The number of nitrogens with one attached hydrogen (secondary N) is 1. The van der Waals surface area contributed by atoms with E-state index in [9.17, 15) is 13.6 Å². The van der Waals surface area contributed by atoms with Gasteiger partial charge in [0, 0.05) is 32.6 Å². The first-order chi connectivity index (χ1) is 9.54. The van der Waals surface area contributed by atoms with Gasteiger partial charge in [0.25, 0.3) is 0 Å². The number of benzene rings is 1. The zero-order valence-electron chi connectivity index (χ0n) is 11.3. The predicted octanol–water partition coefficient (Wildman–Crippen LogP) is 2.00. The van der Waals surface area contributed by atoms with Gasteiger partial charge in [-0.2, -0.15) is 8.78 Å². The second kappa shape index (κ2) is 6.65. The number of halogens is 2. The standard InChI is InChI=1S/C14H18F2N2O2/c1-18-9-11(4-7-13(18)19)17-8-10-2-5-12(6-3-10)20-14(15)16/h2-3,5-6,11,14,17H,4,7-9H2,1H3. The lowest BCUT2D eigenvalue weighted by atomic mass is 10.1. The van der Waals surface area contributed by atoms with E-state index >= 15 is 0 Å². The second-order valence-corrected chi connectivity index (χ2v) is 4.91. The molecule has 1 N–H and O–H groups in total. The summed E-state index contributed by atoms with van der Waals surface area (Å²) in [4.78, 5) is 13.1. The summed E-state index contributed by atoms with van der Waals surface area (Å²) in [5, 5.41) is 3.37. The molecule has 20 heavy (non-hydrogen) atoms. The van der Waals surface area contributed by atoms with Crippen LogP contribution in [0.4, 0.5) is 8.78 Å². The summed E-state index contributed by atoms with van der Waals surface area (Å²) in [6.07, 6.45) is 1.39. The van der Waals surface area contributed by atoms with E-state index in [4.69, 9.17) is 0 Å². The SMILES string of the molecule is CN1CC(NCc2ccc(OC(F)F)cc2)CCC1=O. The van der Waals surface area contributed by atoms with Gasteiger partial charge in [0.1, 0.15) is 5.75 Å². The Bertz CT molecular complexity index is 451. The summed E-state index contributed by atoms with van der Waals surface area (Å²) in [5.41, 5.74) is 0.992. The molecule has 0 saturated carbocycles. The van der Waals surface area contributed by atoms with Crippen LogP contribution in [0.25, 0.3) is 0 Å². The van der Waals surface area contributed by atoms with Crippen molar-refractivity contribution in [3.05, 3.63) is 29.8 Å². The highest BCUT2D eigenvalue weighted by Crippen LogP contribution is 2.15. The zero-order chi connectivity index (χ0) is 14.5. The van der Waals surface area contributed by atoms with Crippen molar-refractivity contribution in [2.24, 2.45) is 0 Å². The fourth-order valence-corrected chi connectivity index (χ4v) is 2.23. The maximum absolute atomic E-state index is 12.0. The van der Waals surface area contributed by atoms with Crippen molar-refractivity contribution >= 4 is 5.91 Å². The van der Waals surface area contributed by atoms with Crippen molar-refractivity contribution in [1.29, 1.82) is 0 Å². The molecule has 6 heteroatoms. The highest BCUT2D eigenvalue weighted by Gasteiger charge is 2.22. The molecule has 0 aliphatic carbocycles. The van der Waals surface area contributed by atoms with Crippen LogP contribution in [0.15, 0.2) is 24.3 Å². The van der Waals surface area contributed by atoms with E-state index in [0.717, 1.165) is 12.0 Å². The number of hydrogen-bond acceptors (Lipinski definition) is 3. The van der Waals surface area contributed by atoms with Gasteiger partial charge < -0.3 is 15.0 Å². The summed E-state index contributed by atoms with van der Waals surface area (Å²) < 4.78 is 28.3. The molecule has 0 radical (unpaired) electrons. The van der Waals surface area contributed by atoms with Gasteiger partial charge in [0.05, 0.1) is 0 Å². The van der Waals surface area contributed by atoms with Crippen molar-refractivity contribution in [1.82, 2.24) is 10.2 Å². The predicted molar refractivity (Wildman–Crippen MR) is 70.6 cm³/mol. The lowest BCUT2D eigenvalue weighted by Gasteiger charge is -2.30. The lowest BCUT2D eigenvalue weighted by Crippen LogP contribution is -2.46. The van der Waals surface area contributed by atoms with Crippen LogP contribution in [0.1, 0.15) is 18.4 Å². The number of carbonyl (C=O) groups is 1. The molecule has 1 aliphatic heterocycles. The molecule has 1 aromatic carbocycles. The molecule has 2 rings (SSSR count). The number of hydrogen-bond donors (Lipinski definition) is 1. The Morgan fingerprint density at radius 1 is 1.40 bits per heavy atom. The van der Waals surface area contributed by atoms with Crippen LogP contribution in [0.5, 0.6) is 5.75 Å². The third kappa shape index (κ3) is 4.16. The Balaban J connectivity index is 1.80. The number of amides is 1. The molecule has 1 fully saturated rings. The third-order valence-electron chi connectivity index (χ3n) is 3.37. The summed E-state index contributed by atoms with van der Waals surface area (Å²) in [7, 11) is 1.80. The Hall–Kier alpha value is -1.69. The first-order valence-corrected chi connectivity index (χ1v) is 6.55. The first kappa shape index (κ1) is 14.7. The van der Waals surface area contributed by atoms with Crippen LogP contribution in [0.2, 0.25) is 0 Å². The molecular formula is C14H18F2N2O2. The normalized spacial score (nSPS) is 19.5. The Morgan fingerprint density at radius 3 is 2.70 bits per heavy atom. The van der Waals surface area contributed by atoms with Gasteiger partial charge >= 0.3 is 6.61 Å². The number of piperidine rings is 1. The highest BCUT2D eigenvalue weighted by molar-refractivity contribution is 5.76. The van der Waals surface area contributed by atoms with Crippen LogP contribution < -0.4 is 10.1 Å². The molecule has 1 aromatic rings. The quantitative estimate of drug-likeness (QED) is 0.899. The molecule has 1 amide bonds. The molecule has 110 valence electrons. The number of alkyl halides is 2. The Kier molecular flexibility index (Phi) is 4.89. The summed E-state index contributed by atoms with van der Waals surface area (Å²) in [6.45, 7) is -1.46. The minimum atomic E-state index is -2.80. The summed E-state index contributed by atoms with van der Waals surface area (Å²) in [6, 6.07) is 6.83. The fourth-order valence-electron chi connectivity index (χ4n) is 2.23. The lowest BCUT2D eigenvalue weighted by molar-refractivity contribution is -0.132. The van der Waals surface area contributed by atoms with Gasteiger partial charge in [-0.05, 0) is 24.1 Å². The largest absolute Gasteiger partial charge is 0.435 e. The van der Waals surface area contributed by atoms with Crippen LogP contribution >= 0.6 is 0 Å². The number of ether oxygens (including phenoxy) is 1. The number of likely N-dealkylation sites (N-methyl/N-ethyl adjacent to an activating group) is 1. The smallest absolute Gasteiger partial charge is 0.387 e. The minimum Gasteiger partial charge on any atom is -0.435 e. The van der Waals surface area contributed by atoms with Crippen molar-refractivity contribution in [3.63, 3.8) is 0 Å². The summed E-state index contributed by atoms with van der Waals surface area (Å²) in [5.74, 6) is 0.336. The van der Waals surface area contributed by atoms with Crippen molar-refractivity contribution in [3.8, 4) is 5.75 Å². The van der Waals surface area contributed by atoms with E-state index < -0.39 is 6.61 Å². The average molecular weight is 284 g/mol. The molecule has 1 unspecified atom stereocenters. The van der Waals surface area contributed by atoms with E-state index in [1.807, 2.05) is 0 Å². The topological polar surface area (TPSA) is 41.6 Å². The molecule has 1 aliphatic rings. The van der Waals surface area contributed by atoms with Crippen molar-refractivity contribution in [2.45, 2.75) is 32.0 Å². The minimum absolute atomic E-state index is 0.159. The molecule has 1 heterocycles. The first-order valence-electron chi connectivity index (χ1n) is 6.55.